The highest BCUT2D eigenvalue weighted by Gasteiger charge is 2.33. The standard InChI is InChI=1S/C24H22N2O3/c1-17-11-13-20(14-12-17)23-25-26(18(2)27)24(29-23)21-9-6-10-22(15-21)28-16-19-7-4-3-5-8-19/h3-15,24H,16H2,1-2H3. The molecule has 0 fully saturated rings. The Morgan fingerprint density at radius 2 is 1.79 bits per heavy atom. The van der Waals surface area contributed by atoms with E-state index >= 15 is 0 Å². The second-order valence-electron chi connectivity index (χ2n) is 6.95. The summed E-state index contributed by atoms with van der Waals surface area (Å²) in [7, 11) is 0. The van der Waals surface area contributed by atoms with Crippen molar-refractivity contribution in [3.63, 3.8) is 0 Å². The van der Waals surface area contributed by atoms with Gasteiger partial charge in [-0.05, 0) is 36.8 Å². The highest BCUT2D eigenvalue weighted by molar-refractivity contribution is 5.96. The van der Waals surface area contributed by atoms with Crippen molar-refractivity contribution >= 4 is 11.8 Å². The predicted molar refractivity (Wildman–Crippen MR) is 111 cm³/mol. The van der Waals surface area contributed by atoms with Gasteiger partial charge in [0.1, 0.15) is 12.4 Å². The number of aryl methyl sites for hydroxylation is 1. The first-order valence-electron chi connectivity index (χ1n) is 9.49. The van der Waals surface area contributed by atoms with Gasteiger partial charge in [0.2, 0.25) is 18.0 Å². The first-order chi connectivity index (χ1) is 14.1. The maximum Gasteiger partial charge on any atom is 0.243 e. The molecule has 0 aliphatic carbocycles. The van der Waals surface area contributed by atoms with Crippen LogP contribution >= 0.6 is 0 Å². The maximum atomic E-state index is 12.2. The fourth-order valence-corrected chi connectivity index (χ4v) is 3.10. The molecule has 1 unspecified atom stereocenters. The molecule has 29 heavy (non-hydrogen) atoms. The first-order valence-corrected chi connectivity index (χ1v) is 9.49. The molecule has 3 aromatic rings. The molecule has 146 valence electrons. The third kappa shape index (κ3) is 4.29. The lowest BCUT2D eigenvalue weighted by atomic mass is 10.1. The van der Waals surface area contributed by atoms with Crippen LogP contribution in [-0.4, -0.2) is 16.8 Å². The van der Waals surface area contributed by atoms with Crippen LogP contribution in [0.1, 0.15) is 35.4 Å². The van der Waals surface area contributed by atoms with Crippen molar-refractivity contribution in [2.24, 2.45) is 5.10 Å². The van der Waals surface area contributed by atoms with Crippen LogP contribution in [0.3, 0.4) is 0 Å². The zero-order valence-electron chi connectivity index (χ0n) is 16.4. The van der Waals surface area contributed by atoms with Gasteiger partial charge in [0.15, 0.2) is 0 Å². The summed E-state index contributed by atoms with van der Waals surface area (Å²) >= 11 is 0. The van der Waals surface area contributed by atoms with Crippen LogP contribution in [0, 0.1) is 6.92 Å². The maximum absolute atomic E-state index is 12.2. The number of benzene rings is 3. The van der Waals surface area contributed by atoms with Crippen LogP contribution in [0.4, 0.5) is 0 Å². The molecule has 0 N–H and O–H groups in total. The molecular formula is C24H22N2O3. The molecule has 0 bridgehead atoms. The summed E-state index contributed by atoms with van der Waals surface area (Å²) in [4.78, 5) is 12.2. The average Bonchev–Trinajstić information content (AvgIpc) is 3.20. The quantitative estimate of drug-likeness (QED) is 0.632. The molecule has 1 atom stereocenters. The van der Waals surface area contributed by atoms with Gasteiger partial charge in [0.05, 0.1) is 0 Å². The monoisotopic (exact) mass is 386 g/mol. The summed E-state index contributed by atoms with van der Waals surface area (Å²) in [5, 5.41) is 5.77. The van der Waals surface area contributed by atoms with Crippen LogP contribution in [0.25, 0.3) is 0 Å². The minimum Gasteiger partial charge on any atom is -0.489 e. The van der Waals surface area contributed by atoms with Crippen molar-refractivity contribution in [2.75, 3.05) is 0 Å². The van der Waals surface area contributed by atoms with Crippen molar-refractivity contribution < 1.29 is 14.3 Å². The second-order valence-corrected chi connectivity index (χ2v) is 6.95. The van der Waals surface area contributed by atoms with Crippen LogP contribution in [0.5, 0.6) is 5.75 Å². The van der Waals surface area contributed by atoms with Crippen LogP contribution in [0.15, 0.2) is 84.0 Å². The third-order valence-electron chi connectivity index (χ3n) is 4.66. The van der Waals surface area contributed by atoms with Gasteiger partial charge >= 0.3 is 0 Å². The third-order valence-corrected chi connectivity index (χ3v) is 4.66. The van der Waals surface area contributed by atoms with E-state index < -0.39 is 6.23 Å². The number of rotatable bonds is 5. The van der Waals surface area contributed by atoms with Crippen molar-refractivity contribution in [3.05, 3.63) is 101 Å². The molecule has 0 saturated heterocycles. The van der Waals surface area contributed by atoms with E-state index in [0.717, 1.165) is 22.3 Å². The van der Waals surface area contributed by atoms with Crippen molar-refractivity contribution in [2.45, 2.75) is 26.7 Å². The van der Waals surface area contributed by atoms with Gasteiger partial charge in [-0.25, -0.2) is 0 Å². The Balaban J connectivity index is 1.54. The summed E-state index contributed by atoms with van der Waals surface area (Å²) in [6.07, 6.45) is -0.621. The van der Waals surface area contributed by atoms with E-state index in [4.69, 9.17) is 9.47 Å². The molecule has 0 spiro atoms. The van der Waals surface area contributed by atoms with Gasteiger partial charge in [-0.2, -0.15) is 5.01 Å². The summed E-state index contributed by atoms with van der Waals surface area (Å²) in [5.74, 6) is 0.954. The van der Waals surface area contributed by atoms with Gasteiger partial charge < -0.3 is 9.47 Å². The number of hydrogen-bond donors (Lipinski definition) is 0. The Hall–Kier alpha value is -3.60. The molecule has 3 aromatic carbocycles. The Morgan fingerprint density at radius 3 is 2.52 bits per heavy atom. The molecule has 1 heterocycles. The summed E-state index contributed by atoms with van der Waals surface area (Å²) < 4.78 is 12.0. The highest BCUT2D eigenvalue weighted by atomic mass is 16.5. The van der Waals surface area contributed by atoms with E-state index in [1.165, 1.54) is 11.9 Å². The zero-order valence-corrected chi connectivity index (χ0v) is 16.4. The van der Waals surface area contributed by atoms with Crippen LogP contribution in [0.2, 0.25) is 0 Å². The molecule has 5 heteroatoms. The molecule has 0 saturated carbocycles. The Kier molecular flexibility index (Phi) is 5.29. The Labute approximate surface area is 170 Å². The first kappa shape index (κ1) is 18.7. The van der Waals surface area contributed by atoms with E-state index in [1.54, 1.807) is 0 Å². The number of carbonyl (C=O) groups excluding carboxylic acids is 1. The lowest BCUT2D eigenvalue weighted by Gasteiger charge is -2.20. The van der Waals surface area contributed by atoms with Crippen LogP contribution < -0.4 is 4.74 Å². The number of hydrogen-bond acceptors (Lipinski definition) is 4. The number of hydrazone groups is 1. The van der Waals surface area contributed by atoms with Crippen LogP contribution in [-0.2, 0) is 16.1 Å². The SMILES string of the molecule is CC(=O)N1N=C(c2ccc(C)cc2)OC1c1cccc(OCc2ccccc2)c1. The van der Waals surface area contributed by atoms with E-state index in [-0.39, 0.29) is 5.91 Å². The van der Waals surface area contributed by atoms with Gasteiger partial charge in [-0.3, -0.25) is 4.79 Å². The number of carbonyl (C=O) groups is 1. The highest BCUT2D eigenvalue weighted by Crippen LogP contribution is 2.32. The largest absolute Gasteiger partial charge is 0.489 e. The number of ether oxygens (including phenoxy) is 2. The Bertz CT molecular complexity index is 1030. The smallest absolute Gasteiger partial charge is 0.243 e. The minimum absolute atomic E-state index is 0.187. The molecule has 0 radical (unpaired) electrons. The van der Waals surface area contributed by atoms with E-state index in [2.05, 4.69) is 5.10 Å². The molecule has 1 aliphatic rings. The zero-order chi connectivity index (χ0) is 20.2. The van der Waals surface area contributed by atoms with Crippen molar-refractivity contribution in [1.82, 2.24) is 5.01 Å². The normalized spacial score (nSPS) is 15.6. The molecule has 4 rings (SSSR count). The molecular weight excluding hydrogens is 364 g/mol. The second kappa shape index (κ2) is 8.19. The average molecular weight is 386 g/mol. The lowest BCUT2D eigenvalue weighted by Crippen LogP contribution is -2.25. The molecule has 1 aliphatic heterocycles. The van der Waals surface area contributed by atoms with Gasteiger partial charge in [-0.1, -0.05) is 60.2 Å². The summed E-state index contributed by atoms with van der Waals surface area (Å²) in [6, 6.07) is 25.4. The van der Waals surface area contributed by atoms with Gasteiger partial charge in [0.25, 0.3) is 0 Å². The number of nitrogens with zero attached hydrogens (tertiary/aromatic N) is 2. The molecule has 0 aromatic heterocycles. The van der Waals surface area contributed by atoms with E-state index in [0.29, 0.717) is 18.3 Å². The minimum atomic E-state index is -0.621. The lowest BCUT2D eigenvalue weighted by molar-refractivity contribution is -0.135. The molecule has 5 nitrogen and oxygen atoms in total. The predicted octanol–water partition coefficient (Wildman–Crippen LogP) is 4.81. The molecule has 1 amide bonds. The fourth-order valence-electron chi connectivity index (χ4n) is 3.10. The summed E-state index contributed by atoms with van der Waals surface area (Å²) in [5.41, 5.74) is 3.87. The summed E-state index contributed by atoms with van der Waals surface area (Å²) in [6.45, 7) is 3.97. The van der Waals surface area contributed by atoms with Crippen molar-refractivity contribution in [3.8, 4) is 5.75 Å². The van der Waals surface area contributed by atoms with Gasteiger partial charge in [-0.15, -0.1) is 5.10 Å². The fraction of sp³-hybridized carbons (Fsp3) is 0.167. The Morgan fingerprint density at radius 1 is 1.03 bits per heavy atom. The van der Waals surface area contributed by atoms with E-state index in [1.807, 2.05) is 85.8 Å². The van der Waals surface area contributed by atoms with E-state index in [9.17, 15) is 4.79 Å². The van der Waals surface area contributed by atoms with Gasteiger partial charge in [0, 0.05) is 18.1 Å². The topological polar surface area (TPSA) is 51.1 Å². The number of amides is 1. The van der Waals surface area contributed by atoms with Crippen molar-refractivity contribution in [1.29, 1.82) is 0 Å².